The van der Waals surface area contributed by atoms with Gasteiger partial charge in [-0.25, -0.2) is 13.2 Å². The van der Waals surface area contributed by atoms with Crippen molar-refractivity contribution < 1.29 is 27.0 Å². The number of benzene rings is 4. The lowest BCUT2D eigenvalue weighted by Crippen LogP contribution is -2.04. The van der Waals surface area contributed by atoms with Gasteiger partial charge in [-0.15, -0.1) is 0 Å². The van der Waals surface area contributed by atoms with Crippen LogP contribution in [-0.4, -0.2) is 6.61 Å². The molecule has 2 nitrogen and oxygen atoms in total. The molecule has 178 valence electrons. The van der Waals surface area contributed by atoms with Crippen LogP contribution in [0.15, 0.2) is 85.5 Å². The number of halogens is 4. The van der Waals surface area contributed by atoms with Crippen LogP contribution in [0.5, 0.6) is 11.5 Å². The van der Waals surface area contributed by atoms with Gasteiger partial charge in [-0.3, -0.25) is 0 Å². The standard InChI is InChI=1S/C29H22F4O2/c1-3-16-34-25-15-10-21(26(30)29(25)33)17-35-22-11-8-20(9-12-22)24-14-13-23(27(31)28(24)32)19-6-4-18(2)5-7-19/h3-15H,1,16-17H2,2H3. The van der Waals surface area contributed by atoms with Crippen LogP contribution in [0.3, 0.4) is 0 Å². The molecule has 35 heavy (non-hydrogen) atoms. The summed E-state index contributed by atoms with van der Waals surface area (Å²) in [5, 5.41) is 0. The van der Waals surface area contributed by atoms with E-state index >= 15 is 0 Å². The molecule has 0 aliphatic heterocycles. The Bertz CT molecular complexity index is 1350. The van der Waals surface area contributed by atoms with Crippen molar-refractivity contribution >= 4 is 0 Å². The lowest BCUT2D eigenvalue weighted by molar-refractivity contribution is 0.292. The molecule has 0 fully saturated rings. The molecule has 0 heterocycles. The molecular formula is C29H22F4O2. The van der Waals surface area contributed by atoms with Crippen LogP contribution in [0.4, 0.5) is 17.6 Å². The van der Waals surface area contributed by atoms with Gasteiger partial charge in [0.05, 0.1) is 0 Å². The van der Waals surface area contributed by atoms with Crippen LogP contribution in [0.1, 0.15) is 11.1 Å². The smallest absolute Gasteiger partial charge is 0.201 e. The summed E-state index contributed by atoms with van der Waals surface area (Å²) in [7, 11) is 0. The van der Waals surface area contributed by atoms with Crippen LogP contribution in [0.2, 0.25) is 0 Å². The van der Waals surface area contributed by atoms with E-state index in [1.807, 2.05) is 19.1 Å². The summed E-state index contributed by atoms with van der Waals surface area (Å²) in [5.41, 5.74) is 2.36. The predicted molar refractivity (Wildman–Crippen MR) is 128 cm³/mol. The van der Waals surface area contributed by atoms with Gasteiger partial charge in [0.25, 0.3) is 0 Å². The van der Waals surface area contributed by atoms with E-state index in [0.29, 0.717) is 16.9 Å². The van der Waals surface area contributed by atoms with E-state index in [2.05, 4.69) is 6.58 Å². The fourth-order valence-corrected chi connectivity index (χ4v) is 3.56. The Morgan fingerprint density at radius 2 is 1.23 bits per heavy atom. The quantitative estimate of drug-likeness (QED) is 0.189. The first-order valence-electron chi connectivity index (χ1n) is 10.9. The average Bonchev–Trinajstić information content (AvgIpc) is 2.87. The fourth-order valence-electron chi connectivity index (χ4n) is 3.56. The Morgan fingerprint density at radius 3 is 1.80 bits per heavy atom. The first kappa shape index (κ1) is 24.1. The van der Waals surface area contributed by atoms with E-state index in [1.54, 1.807) is 42.5 Å². The second kappa shape index (κ2) is 10.5. The van der Waals surface area contributed by atoms with Crippen molar-refractivity contribution in [2.45, 2.75) is 13.5 Å². The summed E-state index contributed by atoms with van der Waals surface area (Å²) in [5.74, 6) is -3.89. The summed E-state index contributed by atoms with van der Waals surface area (Å²) in [6.07, 6.45) is 1.43. The second-order valence-corrected chi connectivity index (χ2v) is 7.92. The highest BCUT2D eigenvalue weighted by Crippen LogP contribution is 2.32. The molecule has 0 aliphatic rings. The van der Waals surface area contributed by atoms with Crippen LogP contribution in [-0.2, 0) is 6.61 Å². The zero-order valence-electron chi connectivity index (χ0n) is 19.0. The van der Waals surface area contributed by atoms with Crippen molar-refractivity contribution in [2.75, 3.05) is 6.61 Å². The Morgan fingerprint density at radius 1 is 0.657 bits per heavy atom. The number of aryl methyl sites for hydroxylation is 1. The maximum atomic E-state index is 14.9. The van der Waals surface area contributed by atoms with E-state index < -0.39 is 23.3 Å². The molecule has 0 bridgehead atoms. The zero-order chi connectivity index (χ0) is 24.9. The molecule has 0 unspecified atom stereocenters. The highest BCUT2D eigenvalue weighted by molar-refractivity contribution is 5.72. The summed E-state index contributed by atoms with van der Waals surface area (Å²) in [6.45, 7) is 5.21. The number of rotatable bonds is 8. The Hall–Kier alpha value is -4.06. The molecular weight excluding hydrogens is 456 g/mol. The van der Waals surface area contributed by atoms with Crippen molar-refractivity contribution in [1.29, 1.82) is 0 Å². The van der Waals surface area contributed by atoms with Crippen LogP contribution in [0.25, 0.3) is 22.3 Å². The SMILES string of the molecule is C=CCOc1ccc(COc2ccc(-c3ccc(-c4ccc(C)cc4)c(F)c3F)cc2)c(F)c1F. The summed E-state index contributed by atoms with van der Waals surface area (Å²) < 4.78 is 68.7. The minimum atomic E-state index is -1.10. The van der Waals surface area contributed by atoms with Gasteiger partial charge < -0.3 is 9.47 Å². The van der Waals surface area contributed by atoms with Gasteiger partial charge in [-0.1, -0.05) is 66.7 Å². The molecule has 6 heteroatoms. The van der Waals surface area contributed by atoms with Gasteiger partial charge in [-0.2, -0.15) is 4.39 Å². The molecule has 4 rings (SSSR count). The second-order valence-electron chi connectivity index (χ2n) is 7.92. The highest BCUT2D eigenvalue weighted by atomic mass is 19.2. The van der Waals surface area contributed by atoms with Gasteiger partial charge in [0, 0.05) is 16.7 Å². The van der Waals surface area contributed by atoms with E-state index in [4.69, 9.17) is 9.47 Å². The normalized spacial score (nSPS) is 10.8. The Labute approximate surface area is 201 Å². The lowest BCUT2D eigenvalue weighted by Gasteiger charge is -2.12. The van der Waals surface area contributed by atoms with Gasteiger partial charge in [0.15, 0.2) is 23.2 Å². The van der Waals surface area contributed by atoms with E-state index in [-0.39, 0.29) is 35.7 Å². The zero-order valence-corrected chi connectivity index (χ0v) is 19.0. The van der Waals surface area contributed by atoms with Gasteiger partial charge in [0.1, 0.15) is 19.0 Å². The molecule has 0 aliphatic carbocycles. The minimum absolute atomic E-state index is 0.0114. The number of hydrogen-bond donors (Lipinski definition) is 0. The minimum Gasteiger partial charge on any atom is -0.489 e. The number of ether oxygens (including phenoxy) is 2. The first-order chi connectivity index (χ1) is 16.9. The van der Waals surface area contributed by atoms with Crippen molar-refractivity contribution in [3.05, 3.63) is 120 Å². The van der Waals surface area contributed by atoms with Crippen molar-refractivity contribution in [2.24, 2.45) is 0 Å². The molecule has 0 N–H and O–H groups in total. The van der Waals surface area contributed by atoms with Crippen LogP contribution in [0, 0.1) is 30.2 Å². The molecule has 4 aromatic carbocycles. The van der Waals surface area contributed by atoms with E-state index in [9.17, 15) is 17.6 Å². The topological polar surface area (TPSA) is 18.5 Å². The fraction of sp³-hybridized carbons (Fsp3) is 0.103. The summed E-state index contributed by atoms with van der Waals surface area (Å²) >= 11 is 0. The van der Waals surface area contributed by atoms with E-state index in [0.717, 1.165) is 5.56 Å². The molecule has 4 aromatic rings. The molecule has 0 atom stereocenters. The monoisotopic (exact) mass is 478 g/mol. The highest BCUT2D eigenvalue weighted by Gasteiger charge is 2.17. The van der Waals surface area contributed by atoms with Crippen LogP contribution < -0.4 is 9.47 Å². The third kappa shape index (κ3) is 5.22. The first-order valence-corrected chi connectivity index (χ1v) is 10.9. The van der Waals surface area contributed by atoms with Crippen molar-refractivity contribution in [1.82, 2.24) is 0 Å². The van der Waals surface area contributed by atoms with Crippen molar-refractivity contribution in [3.63, 3.8) is 0 Å². The lowest BCUT2D eigenvalue weighted by atomic mass is 9.98. The van der Waals surface area contributed by atoms with Gasteiger partial charge in [0.2, 0.25) is 5.82 Å². The van der Waals surface area contributed by atoms with Crippen molar-refractivity contribution in [3.8, 4) is 33.8 Å². The molecule has 0 saturated heterocycles. The molecule has 0 radical (unpaired) electrons. The Balaban J connectivity index is 1.49. The predicted octanol–water partition coefficient (Wildman–Crippen LogP) is 8.03. The maximum Gasteiger partial charge on any atom is 0.201 e. The third-order valence-electron chi connectivity index (χ3n) is 5.49. The molecule has 0 aromatic heterocycles. The van der Waals surface area contributed by atoms with Gasteiger partial charge >= 0.3 is 0 Å². The summed E-state index contributed by atoms with van der Waals surface area (Å²) in [4.78, 5) is 0. The third-order valence-corrected chi connectivity index (χ3v) is 5.49. The number of hydrogen-bond acceptors (Lipinski definition) is 2. The average molecular weight is 478 g/mol. The Kier molecular flexibility index (Phi) is 7.20. The van der Waals surface area contributed by atoms with Gasteiger partial charge in [-0.05, 0) is 42.3 Å². The molecule has 0 saturated carbocycles. The largest absolute Gasteiger partial charge is 0.489 e. The van der Waals surface area contributed by atoms with E-state index in [1.165, 1.54) is 24.3 Å². The summed E-state index contributed by atoms with van der Waals surface area (Å²) in [6, 6.07) is 19.2. The maximum absolute atomic E-state index is 14.9. The molecule has 0 amide bonds. The molecule has 0 spiro atoms. The van der Waals surface area contributed by atoms with Crippen LogP contribution >= 0.6 is 0 Å².